The molecular formula is C12H9FN2O4S. The molecule has 0 heterocycles. The molecule has 0 aliphatic heterocycles. The van der Waals surface area contributed by atoms with Gasteiger partial charge in [0.2, 0.25) is 10.0 Å². The molecule has 0 spiro atoms. The van der Waals surface area contributed by atoms with Crippen LogP contribution in [0.3, 0.4) is 0 Å². The quantitative estimate of drug-likeness (QED) is 0.691. The fourth-order valence-corrected chi connectivity index (χ4v) is 2.52. The van der Waals surface area contributed by atoms with E-state index >= 15 is 0 Å². The molecule has 0 unspecified atom stereocenters. The van der Waals surface area contributed by atoms with Crippen molar-refractivity contribution in [3.8, 4) is 11.1 Å². The maximum Gasteiger partial charge on any atom is 0.270 e. The van der Waals surface area contributed by atoms with Crippen LogP contribution < -0.4 is 5.14 Å². The Morgan fingerprint density at radius 1 is 1.10 bits per heavy atom. The molecule has 0 saturated heterocycles. The molecule has 2 aromatic carbocycles. The van der Waals surface area contributed by atoms with E-state index in [0.717, 1.165) is 18.2 Å². The SMILES string of the molecule is NS(=O)(=O)c1ccccc1-c1cc([N+](=O)[O-])ccc1F. The summed E-state index contributed by atoms with van der Waals surface area (Å²) in [5, 5.41) is 15.8. The van der Waals surface area contributed by atoms with Crippen molar-refractivity contribution in [1.82, 2.24) is 0 Å². The molecule has 2 aromatic rings. The maximum atomic E-state index is 13.8. The van der Waals surface area contributed by atoms with E-state index in [4.69, 9.17) is 5.14 Å². The number of hydrogen-bond donors (Lipinski definition) is 1. The number of nitro benzene ring substituents is 1. The van der Waals surface area contributed by atoms with Crippen molar-refractivity contribution in [3.63, 3.8) is 0 Å². The van der Waals surface area contributed by atoms with Crippen molar-refractivity contribution in [1.29, 1.82) is 0 Å². The number of benzene rings is 2. The summed E-state index contributed by atoms with van der Waals surface area (Å²) in [6.45, 7) is 0. The summed E-state index contributed by atoms with van der Waals surface area (Å²) in [5.74, 6) is -0.772. The smallest absolute Gasteiger partial charge is 0.258 e. The van der Waals surface area contributed by atoms with Crippen molar-refractivity contribution >= 4 is 15.7 Å². The Labute approximate surface area is 113 Å². The lowest BCUT2D eigenvalue weighted by Gasteiger charge is -2.08. The number of non-ortho nitro benzene ring substituents is 1. The molecule has 104 valence electrons. The van der Waals surface area contributed by atoms with E-state index in [2.05, 4.69) is 0 Å². The summed E-state index contributed by atoms with van der Waals surface area (Å²) in [4.78, 5) is 9.73. The molecule has 0 radical (unpaired) electrons. The van der Waals surface area contributed by atoms with Crippen LogP contribution in [-0.2, 0) is 10.0 Å². The van der Waals surface area contributed by atoms with Crippen LogP contribution in [0.4, 0.5) is 10.1 Å². The predicted molar refractivity (Wildman–Crippen MR) is 69.9 cm³/mol. The largest absolute Gasteiger partial charge is 0.270 e. The monoisotopic (exact) mass is 296 g/mol. The average Bonchev–Trinajstić information content (AvgIpc) is 2.38. The molecule has 6 nitrogen and oxygen atoms in total. The van der Waals surface area contributed by atoms with Gasteiger partial charge in [-0.25, -0.2) is 17.9 Å². The molecule has 0 aliphatic rings. The van der Waals surface area contributed by atoms with Gasteiger partial charge in [-0.2, -0.15) is 0 Å². The number of hydrogen-bond acceptors (Lipinski definition) is 4. The van der Waals surface area contributed by atoms with E-state index in [9.17, 15) is 22.9 Å². The van der Waals surface area contributed by atoms with Gasteiger partial charge in [0.1, 0.15) is 5.82 Å². The van der Waals surface area contributed by atoms with E-state index in [0.29, 0.717) is 0 Å². The fraction of sp³-hybridized carbons (Fsp3) is 0. The Balaban J connectivity index is 2.75. The van der Waals surface area contributed by atoms with Crippen LogP contribution in [0.1, 0.15) is 0 Å². The zero-order valence-electron chi connectivity index (χ0n) is 9.99. The summed E-state index contributed by atoms with van der Waals surface area (Å²) >= 11 is 0. The van der Waals surface area contributed by atoms with Gasteiger partial charge in [-0.1, -0.05) is 18.2 Å². The highest BCUT2D eigenvalue weighted by Crippen LogP contribution is 2.31. The fourth-order valence-electron chi connectivity index (χ4n) is 1.77. The van der Waals surface area contributed by atoms with Gasteiger partial charge in [-0.3, -0.25) is 10.1 Å². The standard InChI is InChI=1S/C12H9FN2O4S/c13-11-6-5-8(15(16)17)7-10(11)9-3-1-2-4-12(9)20(14,18)19/h1-7H,(H2,14,18,19). The number of nitrogens with zero attached hydrogens (tertiary/aromatic N) is 1. The van der Waals surface area contributed by atoms with E-state index in [1.165, 1.54) is 24.3 Å². The Morgan fingerprint density at radius 3 is 2.35 bits per heavy atom. The van der Waals surface area contributed by atoms with Gasteiger partial charge in [0.25, 0.3) is 5.69 Å². The highest BCUT2D eigenvalue weighted by molar-refractivity contribution is 7.89. The minimum Gasteiger partial charge on any atom is -0.258 e. The van der Waals surface area contributed by atoms with E-state index in [1.807, 2.05) is 0 Å². The van der Waals surface area contributed by atoms with E-state index in [-0.39, 0.29) is 21.7 Å². The van der Waals surface area contributed by atoms with Crippen molar-refractivity contribution in [2.24, 2.45) is 5.14 Å². The molecule has 0 bridgehead atoms. The zero-order chi connectivity index (χ0) is 14.9. The third-order valence-electron chi connectivity index (χ3n) is 2.64. The maximum absolute atomic E-state index is 13.8. The highest BCUT2D eigenvalue weighted by Gasteiger charge is 2.19. The second-order valence-corrected chi connectivity index (χ2v) is 5.49. The third kappa shape index (κ3) is 2.65. The number of nitro groups is 1. The molecule has 0 amide bonds. The molecule has 0 aromatic heterocycles. The lowest BCUT2D eigenvalue weighted by Crippen LogP contribution is -2.13. The van der Waals surface area contributed by atoms with Gasteiger partial charge in [0.15, 0.2) is 0 Å². The van der Waals surface area contributed by atoms with Gasteiger partial charge in [0, 0.05) is 23.3 Å². The summed E-state index contributed by atoms with van der Waals surface area (Å²) in [6.07, 6.45) is 0. The van der Waals surface area contributed by atoms with Crippen molar-refractivity contribution in [2.45, 2.75) is 4.90 Å². The molecule has 0 aliphatic carbocycles. The van der Waals surface area contributed by atoms with Crippen molar-refractivity contribution < 1.29 is 17.7 Å². The number of halogens is 1. The Hall–Kier alpha value is -2.32. The van der Waals surface area contributed by atoms with Gasteiger partial charge >= 0.3 is 0 Å². The normalized spacial score (nSPS) is 11.3. The number of primary sulfonamides is 1. The number of sulfonamides is 1. The van der Waals surface area contributed by atoms with Crippen molar-refractivity contribution in [2.75, 3.05) is 0 Å². The third-order valence-corrected chi connectivity index (χ3v) is 3.61. The highest BCUT2D eigenvalue weighted by atomic mass is 32.2. The van der Waals surface area contributed by atoms with Crippen LogP contribution in [0.25, 0.3) is 11.1 Å². The first-order chi connectivity index (χ1) is 9.30. The van der Waals surface area contributed by atoms with Crippen LogP contribution in [0.2, 0.25) is 0 Å². The van der Waals surface area contributed by atoms with Gasteiger partial charge < -0.3 is 0 Å². The van der Waals surface area contributed by atoms with Crippen LogP contribution in [0.5, 0.6) is 0 Å². The number of rotatable bonds is 3. The van der Waals surface area contributed by atoms with E-state index in [1.54, 1.807) is 0 Å². The van der Waals surface area contributed by atoms with Crippen LogP contribution in [-0.4, -0.2) is 13.3 Å². The minimum atomic E-state index is -4.07. The zero-order valence-corrected chi connectivity index (χ0v) is 10.8. The summed E-state index contributed by atoms with van der Waals surface area (Å²) in [5.41, 5.74) is -0.550. The second kappa shape index (κ2) is 4.99. The Bertz CT molecular complexity index is 790. The average molecular weight is 296 g/mol. The first-order valence-corrected chi connectivity index (χ1v) is 6.91. The van der Waals surface area contributed by atoms with Crippen LogP contribution >= 0.6 is 0 Å². The molecule has 2 rings (SSSR count). The second-order valence-electron chi connectivity index (χ2n) is 3.96. The van der Waals surface area contributed by atoms with E-state index < -0.39 is 20.8 Å². The number of nitrogens with two attached hydrogens (primary N) is 1. The molecule has 0 saturated carbocycles. The molecule has 0 fully saturated rings. The Kier molecular flexibility index (Phi) is 3.51. The first kappa shape index (κ1) is 14.1. The summed E-state index contributed by atoms with van der Waals surface area (Å²) in [7, 11) is -4.07. The summed E-state index contributed by atoms with van der Waals surface area (Å²) in [6, 6.07) is 8.34. The van der Waals surface area contributed by atoms with Crippen LogP contribution in [0.15, 0.2) is 47.4 Å². The van der Waals surface area contributed by atoms with Gasteiger partial charge in [-0.15, -0.1) is 0 Å². The lowest BCUT2D eigenvalue weighted by molar-refractivity contribution is -0.384. The summed E-state index contributed by atoms with van der Waals surface area (Å²) < 4.78 is 36.8. The molecule has 8 heteroatoms. The minimum absolute atomic E-state index is 0.0174. The van der Waals surface area contributed by atoms with Crippen LogP contribution in [0, 0.1) is 15.9 Å². The Morgan fingerprint density at radius 2 is 1.75 bits per heavy atom. The molecule has 2 N–H and O–H groups in total. The first-order valence-electron chi connectivity index (χ1n) is 5.37. The van der Waals surface area contributed by atoms with Gasteiger partial charge in [-0.05, 0) is 12.1 Å². The lowest BCUT2D eigenvalue weighted by atomic mass is 10.0. The topological polar surface area (TPSA) is 103 Å². The van der Waals surface area contributed by atoms with Gasteiger partial charge in [0.05, 0.1) is 9.82 Å². The van der Waals surface area contributed by atoms with Crippen molar-refractivity contribution in [3.05, 3.63) is 58.4 Å². The predicted octanol–water partition coefficient (Wildman–Crippen LogP) is 2.05. The molecule has 0 atom stereocenters. The molecule has 20 heavy (non-hydrogen) atoms. The molecular weight excluding hydrogens is 287 g/mol.